The smallest absolute Gasteiger partial charge is 0.0785 e. The summed E-state index contributed by atoms with van der Waals surface area (Å²) in [6, 6.07) is 0. The van der Waals surface area contributed by atoms with Gasteiger partial charge < -0.3 is 0 Å². The lowest BCUT2D eigenvalue weighted by Crippen LogP contribution is -2.25. The molecule has 0 N–H and O–H groups in total. The first-order valence-corrected chi connectivity index (χ1v) is 7.18. The average Bonchev–Trinajstić information content (AvgIpc) is 1.96. The van der Waals surface area contributed by atoms with E-state index in [-0.39, 0.29) is 0 Å². The van der Waals surface area contributed by atoms with Crippen molar-refractivity contribution in [3.05, 3.63) is 20.6 Å². The van der Waals surface area contributed by atoms with Crippen molar-refractivity contribution in [1.82, 2.24) is 0 Å². The lowest BCUT2D eigenvalue weighted by atomic mass is 10.5. The molecule has 0 saturated heterocycles. The molecule has 1 aliphatic rings. The summed E-state index contributed by atoms with van der Waals surface area (Å²) >= 11 is 2.46. The summed E-state index contributed by atoms with van der Waals surface area (Å²) in [5.41, 5.74) is 0. The summed E-state index contributed by atoms with van der Waals surface area (Å²) in [6.45, 7) is 7.03. The van der Waals surface area contributed by atoms with E-state index in [1.165, 1.54) is 0 Å². The van der Waals surface area contributed by atoms with Crippen molar-refractivity contribution in [3.63, 3.8) is 0 Å². The van der Waals surface area contributed by atoms with E-state index < -0.39 is 8.07 Å². The maximum atomic E-state index is 2.46. The maximum Gasteiger partial charge on any atom is 0.114 e. The van der Waals surface area contributed by atoms with Crippen LogP contribution in [0.4, 0.5) is 0 Å². The van der Waals surface area contributed by atoms with Gasteiger partial charge in [0.1, 0.15) is 8.07 Å². The predicted octanol–water partition coefficient (Wildman–Crippen LogP) is 3.05. The Labute approximate surface area is 71.2 Å². The summed E-state index contributed by atoms with van der Waals surface area (Å²) in [7, 11) is -1.04. The SMILES string of the molecule is CC1=CC=C(I)[Si]1(C)C. The third-order valence-electron chi connectivity index (χ3n) is 2.06. The molecule has 0 radical (unpaired) electrons. The van der Waals surface area contributed by atoms with E-state index in [1.807, 2.05) is 0 Å². The van der Waals surface area contributed by atoms with Gasteiger partial charge in [0.2, 0.25) is 0 Å². The normalized spacial score (nSPS) is 23.6. The highest BCUT2D eigenvalue weighted by Gasteiger charge is 2.28. The standard InChI is InChI=1S/C7H11ISi/c1-6-4-5-7(8)9(6,2)3/h4-5H,1-3H3. The topological polar surface area (TPSA) is 0 Å². The molecule has 1 aliphatic heterocycles. The molecule has 50 valence electrons. The van der Waals surface area contributed by atoms with Crippen molar-refractivity contribution in [2.24, 2.45) is 0 Å². The van der Waals surface area contributed by atoms with Crippen LogP contribution in [-0.2, 0) is 0 Å². The minimum absolute atomic E-state index is 1.04. The van der Waals surface area contributed by atoms with Gasteiger partial charge in [-0.05, 0) is 10.1 Å². The van der Waals surface area contributed by atoms with Crippen LogP contribution in [-0.4, -0.2) is 8.07 Å². The van der Waals surface area contributed by atoms with Crippen LogP contribution in [0.1, 0.15) is 6.92 Å². The molecule has 0 aromatic heterocycles. The fourth-order valence-corrected chi connectivity index (χ4v) is 3.64. The van der Waals surface area contributed by atoms with Crippen LogP contribution >= 0.6 is 22.6 Å². The third kappa shape index (κ3) is 1.15. The Balaban J connectivity index is 2.96. The highest BCUT2D eigenvalue weighted by Crippen LogP contribution is 2.32. The van der Waals surface area contributed by atoms with Crippen LogP contribution in [0, 0.1) is 0 Å². The van der Waals surface area contributed by atoms with Gasteiger partial charge in [0.15, 0.2) is 0 Å². The predicted molar refractivity (Wildman–Crippen MR) is 53.3 cm³/mol. The number of allylic oxidation sites excluding steroid dienone is 3. The molecule has 0 unspecified atom stereocenters. The van der Waals surface area contributed by atoms with Gasteiger partial charge in [-0.2, -0.15) is 0 Å². The molecule has 1 rings (SSSR count). The van der Waals surface area contributed by atoms with Crippen molar-refractivity contribution in [3.8, 4) is 0 Å². The highest BCUT2D eigenvalue weighted by molar-refractivity contribution is 14.1. The molecule has 0 aromatic carbocycles. The second kappa shape index (κ2) is 2.23. The number of hydrogen-bond donors (Lipinski definition) is 0. The van der Waals surface area contributed by atoms with E-state index in [1.54, 1.807) is 8.40 Å². The van der Waals surface area contributed by atoms with Crippen molar-refractivity contribution in [1.29, 1.82) is 0 Å². The number of rotatable bonds is 0. The van der Waals surface area contributed by atoms with E-state index in [0.29, 0.717) is 0 Å². The van der Waals surface area contributed by atoms with Crippen molar-refractivity contribution >= 4 is 30.7 Å². The summed E-state index contributed by atoms with van der Waals surface area (Å²) in [6.07, 6.45) is 4.51. The molecule has 0 saturated carbocycles. The van der Waals surface area contributed by atoms with Crippen LogP contribution in [0.5, 0.6) is 0 Å². The van der Waals surface area contributed by atoms with Crippen LogP contribution in [0.3, 0.4) is 0 Å². The fraction of sp³-hybridized carbons (Fsp3) is 0.429. The third-order valence-corrected chi connectivity index (χ3v) is 9.97. The lowest BCUT2D eigenvalue weighted by Gasteiger charge is -2.17. The Bertz CT molecular complexity index is 169. The summed E-state index contributed by atoms with van der Waals surface area (Å²) in [5.74, 6) is 0. The van der Waals surface area contributed by atoms with Crippen LogP contribution in [0.25, 0.3) is 0 Å². The molecule has 0 aliphatic carbocycles. The second-order valence-electron chi connectivity index (χ2n) is 2.99. The molecular weight excluding hydrogens is 239 g/mol. The first kappa shape index (κ1) is 7.53. The summed E-state index contributed by atoms with van der Waals surface area (Å²) < 4.78 is 1.58. The molecule has 1 heterocycles. The molecule has 0 amide bonds. The Hall–Kier alpha value is 0.427. The monoisotopic (exact) mass is 250 g/mol. The van der Waals surface area contributed by atoms with E-state index >= 15 is 0 Å². The van der Waals surface area contributed by atoms with Crippen molar-refractivity contribution < 1.29 is 0 Å². The first-order valence-electron chi connectivity index (χ1n) is 3.10. The van der Waals surface area contributed by atoms with Crippen molar-refractivity contribution in [2.75, 3.05) is 0 Å². The summed E-state index contributed by atoms with van der Waals surface area (Å²) in [5, 5.41) is 1.60. The minimum atomic E-state index is -1.04. The van der Waals surface area contributed by atoms with Gasteiger partial charge >= 0.3 is 0 Å². The Kier molecular flexibility index (Phi) is 1.87. The number of halogens is 1. The van der Waals surface area contributed by atoms with Gasteiger partial charge in [-0.15, -0.1) is 0 Å². The van der Waals surface area contributed by atoms with Crippen LogP contribution in [0.2, 0.25) is 13.1 Å². The van der Waals surface area contributed by atoms with Crippen LogP contribution in [0.15, 0.2) is 20.6 Å². The fourth-order valence-electron chi connectivity index (χ4n) is 0.803. The molecular formula is C7H11ISi. The zero-order chi connectivity index (χ0) is 7.07. The Morgan fingerprint density at radius 2 is 1.89 bits per heavy atom. The number of hydrogen-bond acceptors (Lipinski definition) is 0. The maximum absolute atomic E-state index is 2.46. The van der Waals surface area contributed by atoms with E-state index in [2.05, 4.69) is 54.8 Å². The molecule has 0 fully saturated rings. The first-order chi connectivity index (χ1) is 4.05. The van der Waals surface area contributed by atoms with Gasteiger partial charge in [-0.3, -0.25) is 0 Å². The molecule has 0 aromatic rings. The molecule has 0 bridgehead atoms. The lowest BCUT2D eigenvalue weighted by molar-refractivity contribution is 1.59. The van der Waals surface area contributed by atoms with Gasteiger partial charge in [0.05, 0.1) is 0 Å². The quantitative estimate of drug-likeness (QED) is 0.458. The van der Waals surface area contributed by atoms with Gasteiger partial charge in [-0.25, -0.2) is 0 Å². The Morgan fingerprint density at radius 1 is 1.33 bits per heavy atom. The average molecular weight is 250 g/mol. The van der Waals surface area contributed by atoms with Gasteiger partial charge in [0, 0.05) is 0 Å². The zero-order valence-electron chi connectivity index (χ0n) is 6.03. The van der Waals surface area contributed by atoms with Crippen molar-refractivity contribution in [2.45, 2.75) is 20.0 Å². The largest absolute Gasteiger partial charge is 0.114 e. The van der Waals surface area contributed by atoms with Crippen LogP contribution < -0.4 is 0 Å². The minimum Gasteiger partial charge on any atom is -0.0785 e. The molecule has 0 atom stereocenters. The highest BCUT2D eigenvalue weighted by atomic mass is 127. The molecule has 0 spiro atoms. The summed E-state index contributed by atoms with van der Waals surface area (Å²) in [4.78, 5) is 0. The molecule has 9 heavy (non-hydrogen) atoms. The molecule has 0 nitrogen and oxygen atoms in total. The van der Waals surface area contributed by atoms with Gasteiger partial charge in [0.25, 0.3) is 0 Å². The van der Waals surface area contributed by atoms with E-state index in [4.69, 9.17) is 0 Å². The van der Waals surface area contributed by atoms with E-state index in [9.17, 15) is 0 Å². The zero-order valence-corrected chi connectivity index (χ0v) is 9.19. The van der Waals surface area contributed by atoms with E-state index in [0.717, 1.165) is 0 Å². The Morgan fingerprint density at radius 3 is 2.00 bits per heavy atom. The molecule has 2 heteroatoms. The van der Waals surface area contributed by atoms with Gasteiger partial charge in [-0.1, -0.05) is 53.0 Å². The second-order valence-corrected chi connectivity index (χ2v) is 9.75.